The molecular formula is C9H7NO2. The van der Waals surface area contributed by atoms with Crippen LogP contribution in [0.3, 0.4) is 0 Å². The number of rotatable bonds is 1. The van der Waals surface area contributed by atoms with Gasteiger partial charge in [-0.3, -0.25) is 4.98 Å². The van der Waals surface area contributed by atoms with Gasteiger partial charge in [-0.15, -0.1) is 6.42 Å². The normalized spacial score (nSPS) is 9.00. The van der Waals surface area contributed by atoms with Crippen molar-refractivity contribution in [3.8, 4) is 12.3 Å². The Morgan fingerprint density at radius 1 is 1.75 bits per heavy atom. The number of terminal acetylenes is 1. The maximum Gasteiger partial charge on any atom is 0.337 e. The average molecular weight is 161 g/mol. The Bertz CT molecular complexity index is 363. The number of aromatic carboxylic acids is 1. The van der Waals surface area contributed by atoms with Crippen LogP contribution in [0.2, 0.25) is 0 Å². The fourth-order valence-corrected chi connectivity index (χ4v) is 0.852. The number of carboxylic acids is 1. The highest BCUT2D eigenvalue weighted by atomic mass is 16.4. The molecule has 1 rings (SSSR count). The molecule has 1 aromatic heterocycles. The van der Waals surface area contributed by atoms with Crippen LogP contribution >= 0.6 is 0 Å². The van der Waals surface area contributed by atoms with Crippen LogP contribution in [0.5, 0.6) is 0 Å². The Hall–Kier alpha value is -1.82. The van der Waals surface area contributed by atoms with Crippen LogP contribution in [0.1, 0.15) is 21.6 Å². The first kappa shape index (κ1) is 8.28. The molecule has 0 aliphatic rings. The van der Waals surface area contributed by atoms with Crippen molar-refractivity contribution in [3.63, 3.8) is 0 Å². The van der Waals surface area contributed by atoms with Crippen molar-refractivity contribution in [3.05, 3.63) is 29.1 Å². The van der Waals surface area contributed by atoms with E-state index >= 15 is 0 Å². The van der Waals surface area contributed by atoms with Crippen LogP contribution in [-0.4, -0.2) is 16.1 Å². The first-order valence-electron chi connectivity index (χ1n) is 3.31. The molecule has 3 nitrogen and oxygen atoms in total. The lowest BCUT2D eigenvalue weighted by Gasteiger charge is -1.98. The zero-order valence-corrected chi connectivity index (χ0v) is 6.53. The lowest BCUT2D eigenvalue weighted by Crippen LogP contribution is -2.01. The van der Waals surface area contributed by atoms with Crippen LogP contribution in [0.25, 0.3) is 0 Å². The number of carboxylic acid groups (broad SMARTS) is 1. The van der Waals surface area contributed by atoms with Crippen molar-refractivity contribution in [2.24, 2.45) is 0 Å². The molecule has 60 valence electrons. The summed E-state index contributed by atoms with van der Waals surface area (Å²) in [6, 6.07) is 1.46. The molecule has 1 N–H and O–H groups in total. The Labute approximate surface area is 70.1 Å². The summed E-state index contributed by atoms with van der Waals surface area (Å²) >= 11 is 0. The van der Waals surface area contributed by atoms with Gasteiger partial charge in [0.05, 0.1) is 11.1 Å². The molecule has 0 saturated carbocycles. The van der Waals surface area contributed by atoms with Gasteiger partial charge in [0.25, 0.3) is 0 Å². The van der Waals surface area contributed by atoms with E-state index in [4.69, 9.17) is 11.5 Å². The van der Waals surface area contributed by atoms with Gasteiger partial charge < -0.3 is 5.11 Å². The van der Waals surface area contributed by atoms with Crippen molar-refractivity contribution in [2.45, 2.75) is 6.92 Å². The fourth-order valence-electron chi connectivity index (χ4n) is 0.852. The van der Waals surface area contributed by atoms with Crippen molar-refractivity contribution < 1.29 is 9.90 Å². The van der Waals surface area contributed by atoms with E-state index in [1.807, 2.05) is 0 Å². The van der Waals surface area contributed by atoms with Crippen molar-refractivity contribution in [2.75, 3.05) is 0 Å². The van der Waals surface area contributed by atoms with Gasteiger partial charge in [0.2, 0.25) is 0 Å². The molecule has 0 saturated heterocycles. The van der Waals surface area contributed by atoms with Crippen molar-refractivity contribution >= 4 is 5.97 Å². The van der Waals surface area contributed by atoms with Gasteiger partial charge in [0.1, 0.15) is 0 Å². The van der Waals surface area contributed by atoms with E-state index in [0.717, 1.165) is 0 Å². The van der Waals surface area contributed by atoms with E-state index in [2.05, 4.69) is 10.9 Å². The van der Waals surface area contributed by atoms with Gasteiger partial charge in [-0.05, 0) is 13.0 Å². The molecule has 0 bridgehead atoms. The van der Waals surface area contributed by atoms with Gasteiger partial charge >= 0.3 is 5.97 Å². The topological polar surface area (TPSA) is 50.2 Å². The number of carbonyl (C=O) groups is 1. The highest BCUT2D eigenvalue weighted by molar-refractivity contribution is 5.90. The minimum Gasteiger partial charge on any atom is -0.478 e. The van der Waals surface area contributed by atoms with E-state index in [0.29, 0.717) is 11.3 Å². The minimum absolute atomic E-state index is 0.130. The third kappa shape index (κ3) is 1.43. The summed E-state index contributed by atoms with van der Waals surface area (Å²) in [6.07, 6.45) is 6.47. The third-order valence-corrected chi connectivity index (χ3v) is 1.43. The molecule has 0 aliphatic heterocycles. The molecule has 3 heteroatoms. The van der Waals surface area contributed by atoms with Crippen LogP contribution in [0, 0.1) is 19.3 Å². The third-order valence-electron chi connectivity index (χ3n) is 1.43. The zero-order valence-electron chi connectivity index (χ0n) is 6.53. The monoisotopic (exact) mass is 161 g/mol. The second kappa shape index (κ2) is 3.05. The number of aromatic nitrogens is 1. The van der Waals surface area contributed by atoms with Gasteiger partial charge in [-0.25, -0.2) is 4.79 Å². The molecule has 0 fully saturated rings. The van der Waals surface area contributed by atoms with Gasteiger partial charge in [0, 0.05) is 11.9 Å². The molecular weight excluding hydrogens is 154 g/mol. The smallest absolute Gasteiger partial charge is 0.337 e. The number of hydrogen-bond acceptors (Lipinski definition) is 2. The molecule has 1 heterocycles. The first-order chi connectivity index (χ1) is 5.65. The summed E-state index contributed by atoms with van der Waals surface area (Å²) in [6.45, 7) is 1.72. The predicted octanol–water partition coefficient (Wildman–Crippen LogP) is 1.07. The quantitative estimate of drug-likeness (QED) is 0.627. The Morgan fingerprint density at radius 2 is 2.42 bits per heavy atom. The summed E-state index contributed by atoms with van der Waals surface area (Å²) in [7, 11) is 0. The summed E-state index contributed by atoms with van der Waals surface area (Å²) in [4.78, 5) is 14.5. The van der Waals surface area contributed by atoms with Crippen molar-refractivity contribution in [1.82, 2.24) is 4.98 Å². The van der Waals surface area contributed by atoms with E-state index in [9.17, 15) is 4.79 Å². The van der Waals surface area contributed by atoms with Gasteiger partial charge in [-0.1, -0.05) is 5.92 Å². The molecule has 0 aliphatic carbocycles. The summed E-state index contributed by atoms with van der Waals surface area (Å²) in [5.74, 6) is 1.24. The van der Waals surface area contributed by atoms with Crippen LogP contribution in [-0.2, 0) is 0 Å². The molecule has 0 unspecified atom stereocenters. The number of nitrogens with zero attached hydrogens (tertiary/aromatic N) is 1. The minimum atomic E-state index is -1.02. The second-order valence-electron chi connectivity index (χ2n) is 2.32. The van der Waals surface area contributed by atoms with E-state index < -0.39 is 5.97 Å². The van der Waals surface area contributed by atoms with E-state index in [1.165, 1.54) is 12.3 Å². The highest BCUT2D eigenvalue weighted by Gasteiger charge is 2.08. The maximum absolute atomic E-state index is 10.6. The molecule has 0 amide bonds. The van der Waals surface area contributed by atoms with Crippen LogP contribution in [0.15, 0.2) is 12.3 Å². The van der Waals surface area contributed by atoms with Crippen molar-refractivity contribution in [1.29, 1.82) is 0 Å². The first-order valence-corrected chi connectivity index (χ1v) is 3.31. The predicted molar refractivity (Wildman–Crippen MR) is 43.9 cm³/mol. The summed E-state index contributed by atoms with van der Waals surface area (Å²) in [5, 5.41) is 8.70. The number of hydrogen-bond donors (Lipinski definition) is 1. The van der Waals surface area contributed by atoms with E-state index in [1.54, 1.807) is 6.92 Å². The lowest BCUT2D eigenvalue weighted by molar-refractivity contribution is 0.0696. The Morgan fingerprint density at radius 3 is 2.92 bits per heavy atom. The van der Waals surface area contributed by atoms with E-state index in [-0.39, 0.29) is 5.56 Å². The number of aryl methyl sites for hydroxylation is 1. The lowest BCUT2D eigenvalue weighted by atomic mass is 10.1. The Balaban J connectivity index is 3.34. The zero-order chi connectivity index (χ0) is 9.14. The highest BCUT2D eigenvalue weighted by Crippen LogP contribution is 2.07. The average Bonchev–Trinajstić information content (AvgIpc) is 2.04. The SMILES string of the molecule is C#Cc1cnc(C)cc1C(=O)O. The van der Waals surface area contributed by atoms with Crippen LogP contribution < -0.4 is 0 Å². The van der Waals surface area contributed by atoms with Gasteiger partial charge in [-0.2, -0.15) is 0 Å². The standard InChI is InChI=1S/C9H7NO2/c1-3-7-5-10-6(2)4-8(7)9(11)12/h1,4-5H,2H3,(H,11,12). The second-order valence-corrected chi connectivity index (χ2v) is 2.32. The molecule has 0 spiro atoms. The molecule has 0 atom stereocenters. The Kier molecular flexibility index (Phi) is 2.11. The largest absolute Gasteiger partial charge is 0.478 e. The molecule has 12 heavy (non-hydrogen) atoms. The van der Waals surface area contributed by atoms with Gasteiger partial charge in [0.15, 0.2) is 0 Å². The molecule has 0 aromatic carbocycles. The summed E-state index contributed by atoms with van der Waals surface area (Å²) in [5.41, 5.74) is 1.09. The molecule has 0 radical (unpaired) electrons. The molecule has 1 aromatic rings. The van der Waals surface area contributed by atoms with Crippen LogP contribution in [0.4, 0.5) is 0 Å². The number of pyridine rings is 1. The maximum atomic E-state index is 10.6. The summed E-state index contributed by atoms with van der Waals surface area (Å²) < 4.78 is 0. The fraction of sp³-hybridized carbons (Fsp3) is 0.111.